The van der Waals surface area contributed by atoms with Crippen molar-refractivity contribution < 1.29 is 0 Å². The molecule has 3 nitrogen and oxygen atoms in total. The maximum absolute atomic E-state index is 5.35. The van der Waals surface area contributed by atoms with E-state index in [0.29, 0.717) is 11.4 Å². The van der Waals surface area contributed by atoms with Gasteiger partial charge in [0.15, 0.2) is 0 Å². The first-order valence-corrected chi connectivity index (χ1v) is 3.25. The van der Waals surface area contributed by atoms with Crippen LogP contribution in [0.1, 0.15) is 13.8 Å². The van der Waals surface area contributed by atoms with E-state index in [0.717, 1.165) is 0 Å². The molecule has 3 heteroatoms. The summed E-state index contributed by atoms with van der Waals surface area (Å²) in [6, 6.07) is 1.66. The average molecular weight is 139 g/mol. The standard InChI is InChI=1S/C5H7N3.C2H6/c6-4-1-2-8-3-5(4)7;1-2/h1-3H,7H2,(H2,6,8);1-2H3. The van der Waals surface area contributed by atoms with Crippen molar-refractivity contribution in [3.63, 3.8) is 0 Å². The van der Waals surface area contributed by atoms with E-state index in [1.165, 1.54) is 6.20 Å². The molecule has 0 saturated heterocycles. The minimum Gasteiger partial charge on any atom is -0.397 e. The molecule has 1 aromatic heterocycles. The van der Waals surface area contributed by atoms with Gasteiger partial charge in [-0.15, -0.1) is 0 Å². The quantitative estimate of drug-likeness (QED) is 0.569. The summed E-state index contributed by atoms with van der Waals surface area (Å²) in [4.78, 5) is 3.74. The van der Waals surface area contributed by atoms with Crippen LogP contribution in [-0.4, -0.2) is 4.98 Å². The van der Waals surface area contributed by atoms with Crippen LogP contribution in [0, 0.1) is 0 Å². The summed E-state index contributed by atoms with van der Waals surface area (Å²) >= 11 is 0. The van der Waals surface area contributed by atoms with Gasteiger partial charge in [0.2, 0.25) is 0 Å². The second kappa shape index (κ2) is 4.61. The monoisotopic (exact) mass is 139 g/mol. The van der Waals surface area contributed by atoms with E-state index in [1.807, 2.05) is 13.8 Å². The largest absolute Gasteiger partial charge is 0.397 e. The van der Waals surface area contributed by atoms with Gasteiger partial charge in [-0.2, -0.15) is 0 Å². The van der Waals surface area contributed by atoms with E-state index in [1.54, 1.807) is 12.3 Å². The number of nitrogens with zero attached hydrogens (tertiary/aromatic N) is 1. The number of rotatable bonds is 0. The van der Waals surface area contributed by atoms with Gasteiger partial charge in [0.1, 0.15) is 0 Å². The second-order valence-corrected chi connectivity index (χ2v) is 1.50. The van der Waals surface area contributed by atoms with E-state index in [-0.39, 0.29) is 0 Å². The molecule has 1 rings (SSSR count). The van der Waals surface area contributed by atoms with Crippen molar-refractivity contribution in [3.05, 3.63) is 18.5 Å². The normalized spacial score (nSPS) is 7.80. The summed E-state index contributed by atoms with van der Waals surface area (Å²) in [6.45, 7) is 4.00. The van der Waals surface area contributed by atoms with Gasteiger partial charge in [-0.3, -0.25) is 4.98 Å². The first kappa shape index (κ1) is 8.75. The topological polar surface area (TPSA) is 64.9 Å². The summed E-state index contributed by atoms with van der Waals surface area (Å²) in [5.41, 5.74) is 11.8. The highest BCUT2D eigenvalue weighted by Crippen LogP contribution is 2.08. The zero-order valence-corrected chi connectivity index (χ0v) is 6.33. The first-order valence-electron chi connectivity index (χ1n) is 3.25. The van der Waals surface area contributed by atoms with Crippen molar-refractivity contribution in [2.24, 2.45) is 0 Å². The van der Waals surface area contributed by atoms with Crippen molar-refractivity contribution in [2.75, 3.05) is 11.5 Å². The Balaban J connectivity index is 0.000000371. The highest BCUT2D eigenvalue weighted by molar-refractivity contribution is 5.60. The number of aromatic nitrogens is 1. The van der Waals surface area contributed by atoms with Crippen LogP contribution >= 0.6 is 0 Å². The molecule has 56 valence electrons. The maximum atomic E-state index is 5.35. The van der Waals surface area contributed by atoms with Gasteiger partial charge in [-0.25, -0.2) is 0 Å². The van der Waals surface area contributed by atoms with E-state index in [2.05, 4.69) is 4.98 Å². The fourth-order valence-corrected chi connectivity index (χ4v) is 0.417. The zero-order chi connectivity index (χ0) is 7.98. The van der Waals surface area contributed by atoms with Gasteiger partial charge >= 0.3 is 0 Å². The smallest absolute Gasteiger partial charge is 0.0734 e. The van der Waals surface area contributed by atoms with Crippen LogP contribution in [0.2, 0.25) is 0 Å². The molecule has 10 heavy (non-hydrogen) atoms. The van der Waals surface area contributed by atoms with Crippen LogP contribution in [0.5, 0.6) is 0 Å². The van der Waals surface area contributed by atoms with E-state index < -0.39 is 0 Å². The summed E-state index contributed by atoms with van der Waals surface area (Å²) < 4.78 is 0. The average Bonchev–Trinajstić information content (AvgIpc) is 2.00. The zero-order valence-electron chi connectivity index (χ0n) is 6.33. The van der Waals surface area contributed by atoms with E-state index >= 15 is 0 Å². The Morgan fingerprint density at radius 2 is 1.80 bits per heavy atom. The molecule has 1 heterocycles. The molecule has 0 spiro atoms. The van der Waals surface area contributed by atoms with Crippen molar-refractivity contribution in [1.82, 2.24) is 4.98 Å². The minimum absolute atomic E-state index is 0.535. The molecule has 0 aromatic carbocycles. The molecule has 0 unspecified atom stereocenters. The van der Waals surface area contributed by atoms with Crippen molar-refractivity contribution >= 4 is 11.4 Å². The summed E-state index contributed by atoms with van der Waals surface area (Å²) in [5.74, 6) is 0. The Morgan fingerprint density at radius 3 is 2.10 bits per heavy atom. The molecule has 1 aromatic rings. The molecule has 0 bridgehead atoms. The van der Waals surface area contributed by atoms with Gasteiger partial charge in [0.05, 0.1) is 17.6 Å². The van der Waals surface area contributed by atoms with Gasteiger partial charge in [0, 0.05) is 6.20 Å². The first-order chi connectivity index (χ1) is 4.80. The Morgan fingerprint density at radius 1 is 1.20 bits per heavy atom. The number of hydrogen-bond donors (Lipinski definition) is 2. The van der Waals surface area contributed by atoms with Gasteiger partial charge < -0.3 is 11.5 Å². The fraction of sp³-hybridized carbons (Fsp3) is 0.286. The lowest BCUT2D eigenvalue weighted by molar-refractivity contribution is 1.34. The van der Waals surface area contributed by atoms with Crippen molar-refractivity contribution in [2.45, 2.75) is 13.8 Å². The third-order valence-electron chi connectivity index (χ3n) is 0.887. The van der Waals surface area contributed by atoms with Gasteiger partial charge in [-0.1, -0.05) is 13.8 Å². The lowest BCUT2D eigenvalue weighted by Gasteiger charge is -1.93. The molecule has 0 saturated carbocycles. The predicted molar refractivity (Wildman–Crippen MR) is 44.4 cm³/mol. The minimum atomic E-state index is 0.535. The number of nitrogen functional groups attached to an aromatic ring is 2. The predicted octanol–water partition coefficient (Wildman–Crippen LogP) is 1.27. The molecule has 0 aliphatic heterocycles. The lowest BCUT2D eigenvalue weighted by atomic mass is 10.4. The van der Waals surface area contributed by atoms with Crippen LogP contribution in [0.25, 0.3) is 0 Å². The summed E-state index contributed by atoms with van der Waals surface area (Å²) in [5, 5.41) is 0. The second-order valence-electron chi connectivity index (χ2n) is 1.50. The molecule has 4 N–H and O–H groups in total. The SMILES string of the molecule is CC.Nc1ccncc1N. The van der Waals surface area contributed by atoms with E-state index in [9.17, 15) is 0 Å². The molecular weight excluding hydrogens is 126 g/mol. The summed E-state index contributed by atoms with van der Waals surface area (Å²) in [6.07, 6.45) is 3.13. The lowest BCUT2D eigenvalue weighted by Crippen LogP contribution is -1.93. The Hall–Kier alpha value is -1.25. The maximum Gasteiger partial charge on any atom is 0.0734 e. The Labute approximate surface area is 61.1 Å². The van der Waals surface area contributed by atoms with Gasteiger partial charge in [0.25, 0.3) is 0 Å². The van der Waals surface area contributed by atoms with Crippen LogP contribution in [0.3, 0.4) is 0 Å². The Kier molecular flexibility index (Phi) is 4.04. The fourth-order valence-electron chi connectivity index (χ4n) is 0.417. The molecule has 0 aliphatic rings. The molecule has 0 fully saturated rings. The number of pyridine rings is 1. The van der Waals surface area contributed by atoms with Crippen molar-refractivity contribution in [1.29, 1.82) is 0 Å². The molecule has 0 radical (unpaired) electrons. The van der Waals surface area contributed by atoms with Crippen LogP contribution in [0.4, 0.5) is 11.4 Å². The third kappa shape index (κ3) is 2.35. The summed E-state index contributed by atoms with van der Waals surface area (Å²) in [7, 11) is 0. The number of hydrogen-bond acceptors (Lipinski definition) is 3. The molecule has 0 amide bonds. The highest BCUT2D eigenvalue weighted by Gasteiger charge is 1.86. The molecular formula is C7H13N3. The molecule has 0 aliphatic carbocycles. The van der Waals surface area contributed by atoms with Crippen LogP contribution < -0.4 is 11.5 Å². The molecule has 0 atom stereocenters. The third-order valence-corrected chi connectivity index (χ3v) is 0.887. The number of anilines is 2. The van der Waals surface area contributed by atoms with Gasteiger partial charge in [-0.05, 0) is 6.07 Å². The number of nitrogens with two attached hydrogens (primary N) is 2. The van der Waals surface area contributed by atoms with Crippen LogP contribution in [-0.2, 0) is 0 Å². The van der Waals surface area contributed by atoms with Crippen molar-refractivity contribution in [3.8, 4) is 0 Å². The Bertz CT molecular complexity index is 165. The van der Waals surface area contributed by atoms with E-state index in [4.69, 9.17) is 11.5 Å². The van der Waals surface area contributed by atoms with Crippen LogP contribution in [0.15, 0.2) is 18.5 Å². The highest BCUT2D eigenvalue weighted by atomic mass is 14.7.